The molecule has 258 valence electrons. The third kappa shape index (κ3) is 15.1. The van der Waals surface area contributed by atoms with Crippen molar-refractivity contribution >= 4 is 35.9 Å². The van der Waals surface area contributed by atoms with E-state index < -0.39 is 71.8 Å². The van der Waals surface area contributed by atoms with Gasteiger partial charge in [0.25, 0.3) is 0 Å². The van der Waals surface area contributed by atoms with E-state index in [1.165, 1.54) is 19.2 Å². The highest BCUT2D eigenvalue weighted by atomic mass is 16.6. The van der Waals surface area contributed by atoms with Gasteiger partial charge in [0.05, 0.1) is 7.11 Å². The summed E-state index contributed by atoms with van der Waals surface area (Å²) in [5.74, 6) is -3.17. The smallest absolute Gasteiger partial charge is 0.408 e. The molecule has 4 N–H and O–H groups in total. The number of rotatable bonds is 13. The molecule has 1 rings (SSSR count). The van der Waals surface area contributed by atoms with Crippen molar-refractivity contribution in [3.63, 3.8) is 0 Å². The maximum Gasteiger partial charge on any atom is 0.408 e. The molecule has 0 unspecified atom stereocenters. The van der Waals surface area contributed by atoms with E-state index in [1.807, 2.05) is 0 Å². The fourth-order valence-corrected chi connectivity index (χ4v) is 3.87. The Balaban J connectivity index is 3.13. The molecule has 0 heterocycles. The Morgan fingerprint density at radius 1 is 0.696 bits per heavy atom. The average molecular weight is 651 g/mol. The normalized spacial score (nSPS) is 13.5. The van der Waals surface area contributed by atoms with Crippen LogP contribution in [-0.4, -0.2) is 78.9 Å². The Morgan fingerprint density at radius 3 is 1.70 bits per heavy atom. The number of carbonyl (C=O) groups is 6. The molecule has 0 fully saturated rings. The van der Waals surface area contributed by atoms with Crippen LogP contribution in [0.1, 0.15) is 74.8 Å². The van der Waals surface area contributed by atoms with Crippen LogP contribution >= 0.6 is 0 Å². The molecule has 0 saturated carbocycles. The summed E-state index contributed by atoms with van der Waals surface area (Å²) in [6, 6.07) is 2.97. The van der Waals surface area contributed by atoms with Gasteiger partial charge < -0.3 is 40.2 Å². The maximum absolute atomic E-state index is 13.5. The lowest BCUT2D eigenvalue weighted by molar-refractivity contribution is -0.146. The zero-order chi connectivity index (χ0) is 35.4. The van der Waals surface area contributed by atoms with Gasteiger partial charge in [-0.1, -0.05) is 39.8 Å². The molecule has 14 heteroatoms. The molecule has 46 heavy (non-hydrogen) atoms. The summed E-state index contributed by atoms with van der Waals surface area (Å²) in [5, 5.41) is 10.2. The van der Waals surface area contributed by atoms with E-state index in [0.29, 0.717) is 5.56 Å². The first kappa shape index (κ1) is 39.7. The van der Waals surface area contributed by atoms with Crippen LogP contribution in [0.5, 0.6) is 5.75 Å². The first-order valence-electron chi connectivity index (χ1n) is 15.1. The number of hydrogen-bond acceptors (Lipinski definition) is 10. The maximum atomic E-state index is 13.5. The molecule has 3 atom stereocenters. The van der Waals surface area contributed by atoms with Crippen molar-refractivity contribution in [2.24, 2.45) is 11.8 Å². The third-order valence-electron chi connectivity index (χ3n) is 6.04. The van der Waals surface area contributed by atoms with E-state index in [4.69, 9.17) is 18.9 Å². The van der Waals surface area contributed by atoms with Crippen LogP contribution in [-0.2, 0) is 39.8 Å². The van der Waals surface area contributed by atoms with Gasteiger partial charge in [-0.3, -0.25) is 9.59 Å². The molecule has 4 amide bonds. The molecule has 0 saturated heterocycles. The Labute approximate surface area is 271 Å². The van der Waals surface area contributed by atoms with E-state index in [0.717, 1.165) is 0 Å². The van der Waals surface area contributed by atoms with E-state index >= 15 is 0 Å². The lowest BCUT2D eigenvalue weighted by Crippen LogP contribution is -2.58. The molecular weight excluding hydrogens is 600 g/mol. The summed E-state index contributed by atoms with van der Waals surface area (Å²) >= 11 is 0. The van der Waals surface area contributed by atoms with Crippen LogP contribution in [0.3, 0.4) is 0 Å². The number of methoxy groups -OCH3 is 1. The first-order chi connectivity index (χ1) is 21.1. The molecule has 0 bridgehead atoms. The Bertz CT molecular complexity index is 1220. The van der Waals surface area contributed by atoms with Crippen LogP contribution in [0, 0.1) is 11.8 Å². The van der Waals surface area contributed by atoms with Crippen LogP contribution in [0.4, 0.5) is 9.59 Å². The van der Waals surface area contributed by atoms with Crippen molar-refractivity contribution in [3.05, 3.63) is 29.8 Å². The highest BCUT2D eigenvalue weighted by Crippen LogP contribution is 2.16. The largest absolute Gasteiger partial charge is 0.467 e. The number of benzene rings is 1. The van der Waals surface area contributed by atoms with E-state index in [2.05, 4.69) is 21.3 Å². The van der Waals surface area contributed by atoms with Crippen molar-refractivity contribution in [2.75, 3.05) is 13.7 Å². The minimum atomic E-state index is -1.17. The minimum absolute atomic E-state index is 0.0186. The SMILES string of the molecule is COC(=O)[C@H](NC(=O)[C@@H](Cc1ccc(OC(=O)CNC(=O)OC(C)(C)C)cc1)NC(=O)[C@@H](NC(=O)OC(C)(C)C)C(C)C)C(C)C. The average Bonchev–Trinajstić information content (AvgIpc) is 2.91. The number of hydrogen-bond donors (Lipinski definition) is 4. The number of nitrogens with one attached hydrogen (secondary N) is 4. The van der Waals surface area contributed by atoms with E-state index in [1.54, 1.807) is 81.4 Å². The van der Waals surface area contributed by atoms with Gasteiger partial charge in [-0.25, -0.2) is 19.2 Å². The summed E-state index contributed by atoms with van der Waals surface area (Å²) in [6.45, 7) is 16.7. The molecule has 0 aliphatic rings. The van der Waals surface area contributed by atoms with Crippen molar-refractivity contribution in [1.82, 2.24) is 21.3 Å². The Morgan fingerprint density at radius 2 is 1.22 bits per heavy atom. The summed E-state index contributed by atoms with van der Waals surface area (Å²) < 4.78 is 20.5. The number of amides is 4. The predicted octanol–water partition coefficient (Wildman–Crippen LogP) is 3.01. The molecular formula is C32H50N4O10. The van der Waals surface area contributed by atoms with Crippen molar-refractivity contribution in [1.29, 1.82) is 0 Å². The molecule has 0 aliphatic carbocycles. The van der Waals surface area contributed by atoms with E-state index in [-0.39, 0.29) is 24.0 Å². The molecule has 1 aromatic rings. The Kier molecular flexibility index (Phi) is 15.0. The van der Waals surface area contributed by atoms with Gasteiger partial charge in [0.15, 0.2) is 0 Å². The van der Waals surface area contributed by atoms with Gasteiger partial charge in [-0.15, -0.1) is 0 Å². The zero-order valence-corrected chi connectivity index (χ0v) is 28.7. The summed E-state index contributed by atoms with van der Waals surface area (Å²) in [6.07, 6.45) is -1.58. The van der Waals surface area contributed by atoms with Gasteiger partial charge >= 0.3 is 24.1 Å². The van der Waals surface area contributed by atoms with Crippen molar-refractivity contribution in [3.8, 4) is 5.75 Å². The lowest BCUT2D eigenvalue weighted by atomic mass is 9.99. The van der Waals surface area contributed by atoms with E-state index in [9.17, 15) is 28.8 Å². The zero-order valence-electron chi connectivity index (χ0n) is 28.7. The molecule has 14 nitrogen and oxygen atoms in total. The quantitative estimate of drug-likeness (QED) is 0.140. The highest BCUT2D eigenvalue weighted by molar-refractivity contribution is 5.93. The van der Waals surface area contributed by atoms with Gasteiger partial charge in [0.1, 0.15) is 41.6 Å². The molecule has 1 aromatic carbocycles. The molecule has 0 aromatic heterocycles. The first-order valence-corrected chi connectivity index (χ1v) is 15.1. The summed E-state index contributed by atoms with van der Waals surface area (Å²) in [5.41, 5.74) is -0.941. The van der Waals surface area contributed by atoms with Gasteiger partial charge in [-0.2, -0.15) is 0 Å². The topological polar surface area (TPSA) is 187 Å². The number of carbonyl (C=O) groups excluding carboxylic acids is 6. The minimum Gasteiger partial charge on any atom is -0.467 e. The van der Waals surface area contributed by atoms with Gasteiger partial charge in [0.2, 0.25) is 11.8 Å². The summed E-state index contributed by atoms with van der Waals surface area (Å²) in [4.78, 5) is 75.7. The second kappa shape index (κ2) is 17.4. The van der Waals surface area contributed by atoms with Crippen LogP contribution in [0.15, 0.2) is 24.3 Å². The van der Waals surface area contributed by atoms with Crippen molar-refractivity contribution in [2.45, 2.75) is 105 Å². The fraction of sp³-hybridized carbons (Fsp3) is 0.625. The van der Waals surface area contributed by atoms with Crippen LogP contribution < -0.4 is 26.0 Å². The van der Waals surface area contributed by atoms with Crippen LogP contribution in [0.2, 0.25) is 0 Å². The second-order valence-corrected chi connectivity index (χ2v) is 13.4. The monoisotopic (exact) mass is 650 g/mol. The molecule has 0 aliphatic heterocycles. The molecule has 0 radical (unpaired) electrons. The number of alkyl carbamates (subject to hydrolysis) is 2. The highest BCUT2D eigenvalue weighted by Gasteiger charge is 2.33. The van der Waals surface area contributed by atoms with Gasteiger partial charge in [0, 0.05) is 6.42 Å². The standard InChI is InChI=1S/C32H50N4O10/c1-18(2)24(36-30(42)46-32(8,9)10)27(39)34-22(26(38)35-25(19(3)4)28(40)43-11)16-20-12-14-21(15-13-20)44-23(37)17-33-29(41)45-31(5,6)7/h12-15,18-19,22,24-25H,16-17H2,1-11H3,(H,33,41)(H,34,39)(H,35,38)(H,36,42)/t22-,24+,25-/m1/s1. The lowest BCUT2D eigenvalue weighted by Gasteiger charge is -2.28. The Hall–Kier alpha value is -4.36. The van der Waals surface area contributed by atoms with Crippen LogP contribution in [0.25, 0.3) is 0 Å². The van der Waals surface area contributed by atoms with Crippen molar-refractivity contribution < 1.29 is 47.7 Å². The fourth-order valence-electron chi connectivity index (χ4n) is 3.87. The number of esters is 2. The summed E-state index contributed by atoms with van der Waals surface area (Å²) in [7, 11) is 1.21. The predicted molar refractivity (Wildman–Crippen MR) is 169 cm³/mol. The molecule has 0 spiro atoms. The third-order valence-corrected chi connectivity index (χ3v) is 6.04. The van der Waals surface area contributed by atoms with Gasteiger partial charge in [-0.05, 0) is 71.1 Å². The number of ether oxygens (including phenoxy) is 4. The second-order valence-electron chi connectivity index (χ2n) is 13.4.